The number of anilines is 1. The van der Waals surface area contributed by atoms with Crippen LogP contribution in [0.2, 0.25) is 5.02 Å². The number of Topliss-reactive ketones (excluding diaryl/α,β-unsaturated/α-hetero) is 1. The average molecular weight is 344 g/mol. The number of esters is 1. The van der Waals surface area contributed by atoms with Crippen LogP contribution in [0.1, 0.15) is 39.1 Å². The van der Waals surface area contributed by atoms with E-state index in [2.05, 4.69) is 5.32 Å². The second kappa shape index (κ2) is 6.45. The van der Waals surface area contributed by atoms with E-state index in [1.807, 2.05) is 0 Å². The molecule has 0 saturated heterocycles. The predicted octanol–water partition coefficient (Wildman–Crippen LogP) is 3.44. The molecule has 1 heterocycles. The lowest BCUT2D eigenvalue weighted by Crippen LogP contribution is -2.14. The summed E-state index contributed by atoms with van der Waals surface area (Å²) in [4.78, 5) is 35.8. The summed E-state index contributed by atoms with van der Waals surface area (Å²) in [5, 5.41) is 3.01. The first-order valence-corrected chi connectivity index (χ1v) is 7.75. The van der Waals surface area contributed by atoms with Gasteiger partial charge in [0.2, 0.25) is 5.91 Å². The van der Waals surface area contributed by atoms with Crippen molar-refractivity contribution in [3.8, 4) is 0 Å². The van der Waals surface area contributed by atoms with Gasteiger partial charge in [-0.1, -0.05) is 23.7 Å². The summed E-state index contributed by atoms with van der Waals surface area (Å²) in [5.74, 6) is -1.40. The highest BCUT2D eigenvalue weighted by atomic mass is 35.5. The quantitative estimate of drug-likeness (QED) is 0.682. The lowest BCUT2D eigenvalue weighted by atomic mass is 9.99. The Morgan fingerprint density at radius 2 is 1.96 bits per heavy atom. The number of nitrogens with one attached hydrogen (secondary N) is 1. The van der Waals surface area contributed by atoms with Crippen LogP contribution in [0.15, 0.2) is 42.5 Å². The third-order valence-electron chi connectivity index (χ3n) is 3.92. The van der Waals surface area contributed by atoms with Crippen LogP contribution >= 0.6 is 11.6 Å². The molecule has 2 aromatic rings. The lowest BCUT2D eigenvalue weighted by molar-refractivity contribution is -0.116. The topological polar surface area (TPSA) is 72.5 Å². The van der Waals surface area contributed by atoms with Gasteiger partial charge in [-0.3, -0.25) is 9.59 Å². The maximum Gasteiger partial charge on any atom is 0.340 e. The molecule has 5 nitrogen and oxygen atoms in total. The number of ketones is 1. The number of ether oxygens (including phenoxy) is 1. The van der Waals surface area contributed by atoms with Crippen molar-refractivity contribution in [2.24, 2.45) is 0 Å². The molecule has 3 rings (SSSR count). The first kappa shape index (κ1) is 16.2. The van der Waals surface area contributed by atoms with Crippen LogP contribution in [0.25, 0.3) is 0 Å². The number of carbonyl (C=O) groups excluding carboxylic acids is 3. The number of halogens is 1. The Morgan fingerprint density at radius 3 is 2.71 bits per heavy atom. The molecule has 1 amide bonds. The summed E-state index contributed by atoms with van der Waals surface area (Å²) in [5.41, 5.74) is 2.08. The van der Waals surface area contributed by atoms with E-state index in [4.69, 9.17) is 16.3 Å². The van der Waals surface area contributed by atoms with Crippen molar-refractivity contribution in [1.29, 1.82) is 0 Å². The predicted molar refractivity (Wildman–Crippen MR) is 89.6 cm³/mol. The monoisotopic (exact) mass is 343 g/mol. The highest BCUT2D eigenvalue weighted by molar-refractivity contribution is 6.33. The largest absolute Gasteiger partial charge is 0.454 e. The molecule has 0 aliphatic carbocycles. The van der Waals surface area contributed by atoms with Crippen molar-refractivity contribution in [3.63, 3.8) is 0 Å². The van der Waals surface area contributed by atoms with E-state index in [0.717, 1.165) is 5.56 Å². The molecule has 1 aliphatic heterocycles. The second-order valence-corrected chi connectivity index (χ2v) is 5.90. The Kier molecular flexibility index (Phi) is 4.36. The average Bonchev–Trinajstić information content (AvgIpc) is 2.87. The zero-order valence-electron chi connectivity index (χ0n) is 12.8. The Hall–Kier alpha value is -2.66. The van der Waals surface area contributed by atoms with Crippen LogP contribution in [-0.2, 0) is 9.53 Å². The van der Waals surface area contributed by atoms with E-state index < -0.39 is 12.6 Å². The smallest absolute Gasteiger partial charge is 0.340 e. The standard InChI is InChI=1S/C18H14ClNO4/c1-10-13-8-11(6-7-15(13)20-17(10)22)16(21)9-24-18(23)12-4-2-3-5-14(12)19/h2-8,10H,9H2,1H3,(H,20,22)/t10-/m0/s1. The van der Waals surface area contributed by atoms with Gasteiger partial charge in [-0.25, -0.2) is 4.79 Å². The third kappa shape index (κ3) is 3.03. The van der Waals surface area contributed by atoms with Crippen molar-refractivity contribution in [2.75, 3.05) is 11.9 Å². The lowest BCUT2D eigenvalue weighted by Gasteiger charge is -2.07. The zero-order chi connectivity index (χ0) is 17.3. The number of carbonyl (C=O) groups is 3. The van der Waals surface area contributed by atoms with Gasteiger partial charge in [-0.2, -0.15) is 0 Å². The maximum atomic E-state index is 12.2. The van der Waals surface area contributed by atoms with Gasteiger partial charge in [-0.05, 0) is 42.8 Å². The molecule has 0 fully saturated rings. The Morgan fingerprint density at radius 1 is 1.21 bits per heavy atom. The number of benzene rings is 2. The third-order valence-corrected chi connectivity index (χ3v) is 4.25. The van der Waals surface area contributed by atoms with Gasteiger partial charge in [0.05, 0.1) is 16.5 Å². The molecule has 0 radical (unpaired) electrons. The fraction of sp³-hybridized carbons (Fsp3) is 0.167. The molecular formula is C18H14ClNO4. The van der Waals surface area contributed by atoms with Crippen molar-refractivity contribution in [1.82, 2.24) is 0 Å². The first-order chi connectivity index (χ1) is 11.5. The molecule has 24 heavy (non-hydrogen) atoms. The van der Waals surface area contributed by atoms with Crippen LogP contribution in [0.5, 0.6) is 0 Å². The summed E-state index contributed by atoms with van der Waals surface area (Å²) in [6.45, 7) is 1.38. The Labute approximate surface area is 143 Å². The van der Waals surface area contributed by atoms with E-state index in [1.54, 1.807) is 43.3 Å². The molecule has 0 saturated carbocycles. The van der Waals surface area contributed by atoms with Gasteiger partial charge in [0.15, 0.2) is 12.4 Å². The molecule has 0 aromatic heterocycles. The van der Waals surface area contributed by atoms with Crippen LogP contribution in [-0.4, -0.2) is 24.3 Å². The van der Waals surface area contributed by atoms with Gasteiger partial charge < -0.3 is 10.1 Å². The van der Waals surface area contributed by atoms with Gasteiger partial charge in [-0.15, -0.1) is 0 Å². The van der Waals surface area contributed by atoms with E-state index in [0.29, 0.717) is 11.3 Å². The number of amides is 1. The molecule has 0 unspecified atom stereocenters. The maximum absolute atomic E-state index is 12.2. The minimum atomic E-state index is -0.652. The number of fused-ring (bicyclic) bond motifs is 1. The number of rotatable bonds is 4. The highest BCUT2D eigenvalue weighted by Crippen LogP contribution is 2.32. The zero-order valence-corrected chi connectivity index (χ0v) is 13.6. The summed E-state index contributed by atoms with van der Waals surface area (Å²) in [6.07, 6.45) is 0. The molecule has 0 spiro atoms. The summed E-state index contributed by atoms with van der Waals surface area (Å²) in [6, 6.07) is 11.4. The van der Waals surface area contributed by atoms with Crippen LogP contribution in [0.3, 0.4) is 0 Å². The van der Waals surface area contributed by atoms with E-state index in [-0.39, 0.29) is 28.2 Å². The molecule has 1 N–H and O–H groups in total. The molecule has 1 atom stereocenters. The van der Waals surface area contributed by atoms with E-state index in [1.165, 1.54) is 6.07 Å². The molecular weight excluding hydrogens is 330 g/mol. The minimum Gasteiger partial charge on any atom is -0.454 e. The first-order valence-electron chi connectivity index (χ1n) is 7.37. The van der Waals surface area contributed by atoms with Gasteiger partial charge in [0.1, 0.15) is 0 Å². The number of hydrogen-bond donors (Lipinski definition) is 1. The van der Waals surface area contributed by atoms with Crippen molar-refractivity contribution in [2.45, 2.75) is 12.8 Å². The molecule has 6 heteroatoms. The summed E-state index contributed by atoms with van der Waals surface area (Å²) in [7, 11) is 0. The van der Waals surface area contributed by atoms with Crippen LogP contribution in [0.4, 0.5) is 5.69 Å². The normalized spacial score (nSPS) is 15.6. The molecule has 2 aromatic carbocycles. The fourth-order valence-electron chi connectivity index (χ4n) is 2.51. The fourth-order valence-corrected chi connectivity index (χ4v) is 2.72. The van der Waals surface area contributed by atoms with Crippen LogP contribution in [0, 0.1) is 0 Å². The van der Waals surface area contributed by atoms with E-state index >= 15 is 0 Å². The highest BCUT2D eigenvalue weighted by Gasteiger charge is 2.27. The summed E-state index contributed by atoms with van der Waals surface area (Å²) >= 11 is 5.92. The SMILES string of the molecule is C[C@@H]1C(=O)Nc2ccc(C(=O)COC(=O)c3ccccc3Cl)cc21. The molecule has 0 bridgehead atoms. The second-order valence-electron chi connectivity index (χ2n) is 5.49. The van der Waals surface area contributed by atoms with Crippen LogP contribution < -0.4 is 5.32 Å². The van der Waals surface area contributed by atoms with Crippen molar-refractivity contribution < 1.29 is 19.1 Å². The van der Waals surface area contributed by atoms with Crippen molar-refractivity contribution >= 4 is 34.9 Å². The van der Waals surface area contributed by atoms with E-state index in [9.17, 15) is 14.4 Å². The minimum absolute atomic E-state index is 0.0975. The summed E-state index contributed by atoms with van der Waals surface area (Å²) < 4.78 is 5.04. The van der Waals surface area contributed by atoms with Gasteiger partial charge in [0.25, 0.3) is 0 Å². The number of hydrogen-bond acceptors (Lipinski definition) is 4. The van der Waals surface area contributed by atoms with Gasteiger partial charge in [0, 0.05) is 11.3 Å². The van der Waals surface area contributed by atoms with Gasteiger partial charge >= 0.3 is 5.97 Å². The Bertz CT molecular complexity index is 847. The molecule has 1 aliphatic rings. The van der Waals surface area contributed by atoms with Crippen molar-refractivity contribution in [3.05, 3.63) is 64.2 Å². The Balaban J connectivity index is 1.69. The molecule has 122 valence electrons.